The molecule has 0 heterocycles. The number of benzene rings is 1. The monoisotopic (exact) mass is 297 g/mol. The fraction of sp³-hybridized carbons (Fsp3) is 0.571. The molecule has 0 saturated heterocycles. The molecule has 0 aromatic heterocycles. The molecule has 2 rings (SSSR count). The lowest BCUT2D eigenvalue weighted by Gasteiger charge is -2.12. The van der Waals surface area contributed by atoms with Gasteiger partial charge in [0.25, 0.3) is 0 Å². The average molecular weight is 298 g/mol. The van der Waals surface area contributed by atoms with E-state index in [9.17, 15) is 0 Å². The Bertz CT molecular complexity index is 335. The minimum Gasteiger partial charge on any atom is -0.375 e. The van der Waals surface area contributed by atoms with Crippen molar-refractivity contribution in [1.82, 2.24) is 5.32 Å². The molecule has 1 N–H and O–H groups in total. The summed E-state index contributed by atoms with van der Waals surface area (Å²) < 4.78 is 6.74. The third-order valence-electron chi connectivity index (χ3n) is 3.22. The molecule has 1 atom stereocenters. The molecule has 1 aromatic carbocycles. The Kier molecular flexibility index (Phi) is 5.01. The maximum atomic E-state index is 5.63. The van der Waals surface area contributed by atoms with Crippen LogP contribution in [0, 0.1) is 5.92 Å². The molecule has 0 bridgehead atoms. The van der Waals surface area contributed by atoms with E-state index in [1.807, 2.05) is 12.1 Å². The quantitative estimate of drug-likeness (QED) is 0.779. The zero-order chi connectivity index (χ0) is 12.1. The van der Waals surface area contributed by atoms with Crippen LogP contribution in [0.3, 0.4) is 0 Å². The Morgan fingerprint density at radius 1 is 1.35 bits per heavy atom. The first-order chi connectivity index (χ1) is 8.25. The molecule has 1 aromatic rings. The van der Waals surface area contributed by atoms with Gasteiger partial charge in [-0.05, 0) is 43.4 Å². The Morgan fingerprint density at radius 2 is 2.06 bits per heavy atom. The van der Waals surface area contributed by atoms with E-state index in [-0.39, 0.29) is 0 Å². The molecule has 1 fully saturated rings. The molecule has 1 saturated carbocycles. The van der Waals surface area contributed by atoms with E-state index < -0.39 is 0 Å². The van der Waals surface area contributed by atoms with Gasteiger partial charge in [0.15, 0.2) is 0 Å². The van der Waals surface area contributed by atoms with Crippen LogP contribution in [0.2, 0.25) is 0 Å². The van der Waals surface area contributed by atoms with Gasteiger partial charge in [-0.3, -0.25) is 0 Å². The zero-order valence-electron chi connectivity index (χ0n) is 10.3. The van der Waals surface area contributed by atoms with Gasteiger partial charge in [-0.25, -0.2) is 0 Å². The minimum atomic E-state index is 0.659. The fourth-order valence-electron chi connectivity index (χ4n) is 1.89. The predicted molar refractivity (Wildman–Crippen MR) is 74.0 cm³/mol. The summed E-state index contributed by atoms with van der Waals surface area (Å²) in [4.78, 5) is 0. The van der Waals surface area contributed by atoms with Gasteiger partial charge < -0.3 is 10.1 Å². The van der Waals surface area contributed by atoms with Gasteiger partial charge in [0.2, 0.25) is 0 Å². The van der Waals surface area contributed by atoms with Crippen molar-refractivity contribution in [3.05, 3.63) is 34.3 Å². The Balaban J connectivity index is 1.55. The van der Waals surface area contributed by atoms with Crippen molar-refractivity contribution in [2.24, 2.45) is 5.92 Å². The second-order valence-electron chi connectivity index (χ2n) is 4.76. The highest BCUT2D eigenvalue weighted by atomic mass is 79.9. The summed E-state index contributed by atoms with van der Waals surface area (Å²) in [5.74, 6) is 0.918. The molecule has 2 nitrogen and oxygen atoms in total. The first-order valence-corrected chi connectivity index (χ1v) is 7.10. The second kappa shape index (κ2) is 6.53. The minimum absolute atomic E-state index is 0.659. The van der Waals surface area contributed by atoms with Crippen LogP contribution in [0.5, 0.6) is 0 Å². The van der Waals surface area contributed by atoms with Crippen molar-refractivity contribution in [2.75, 3.05) is 13.2 Å². The molecule has 0 amide bonds. The summed E-state index contributed by atoms with van der Waals surface area (Å²) >= 11 is 3.42. The van der Waals surface area contributed by atoms with Gasteiger partial charge in [0.1, 0.15) is 0 Å². The van der Waals surface area contributed by atoms with Crippen LogP contribution in [0.1, 0.15) is 25.3 Å². The zero-order valence-corrected chi connectivity index (χ0v) is 11.9. The maximum Gasteiger partial charge on any atom is 0.0717 e. The lowest BCUT2D eigenvalue weighted by atomic mass is 10.2. The second-order valence-corrected chi connectivity index (χ2v) is 5.67. The van der Waals surface area contributed by atoms with Gasteiger partial charge in [-0.1, -0.05) is 28.1 Å². The van der Waals surface area contributed by atoms with E-state index in [2.05, 4.69) is 40.3 Å². The maximum absolute atomic E-state index is 5.63. The largest absolute Gasteiger partial charge is 0.375 e. The Labute approximate surface area is 112 Å². The fourth-order valence-corrected chi connectivity index (χ4v) is 2.16. The SMILES string of the molecule is CC(NCCOCc1ccc(Br)cc1)C1CC1. The van der Waals surface area contributed by atoms with Crippen LogP contribution in [0.15, 0.2) is 28.7 Å². The van der Waals surface area contributed by atoms with Gasteiger partial charge in [0.05, 0.1) is 13.2 Å². The van der Waals surface area contributed by atoms with Gasteiger partial charge in [0, 0.05) is 17.1 Å². The summed E-state index contributed by atoms with van der Waals surface area (Å²) in [5.41, 5.74) is 1.23. The van der Waals surface area contributed by atoms with E-state index in [4.69, 9.17) is 4.74 Å². The number of hydrogen-bond donors (Lipinski definition) is 1. The Hall–Kier alpha value is -0.380. The van der Waals surface area contributed by atoms with Gasteiger partial charge in [-0.15, -0.1) is 0 Å². The van der Waals surface area contributed by atoms with Crippen LogP contribution in [0.4, 0.5) is 0 Å². The van der Waals surface area contributed by atoms with Crippen LogP contribution < -0.4 is 5.32 Å². The molecule has 17 heavy (non-hydrogen) atoms. The molecule has 0 aliphatic heterocycles. The van der Waals surface area contributed by atoms with Gasteiger partial charge >= 0.3 is 0 Å². The highest BCUT2D eigenvalue weighted by Gasteiger charge is 2.27. The molecule has 94 valence electrons. The molecular weight excluding hydrogens is 278 g/mol. The van der Waals surface area contributed by atoms with E-state index in [1.165, 1.54) is 18.4 Å². The van der Waals surface area contributed by atoms with Crippen LogP contribution >= 0.6 is 15.9 Å². The lowest BCUT2D eigenvalue weighted by molar-refractivity contribution is 0.120. The highest BCUT2D eigenvalue weighted by molar-refractivity contribution is 9.10. The number of halogens is 1. The van der Waals surface area contributed by atoms with E-state index in [0.29, 0.717) is 12.6 Å². The predicted octanol–water partition coefficient (Wildman–Crippen LogP) is 3.35. The highest BCUT2D eigenvalue weighted by Crippen LogP contribution is 2.32. The van der Waals surface area contributed by atoms with Crippen molar-refractivity contribution in [1.29, 1.82) is 0 Å². The van der Waals surface area contributed by atoms with Crippen molar-refractivity contribution in [2.45, 2.75) is 32.4 Å². The standard InChI is InChI=1S/C14H20BrNO/c1-11(13-4-5-13)16-8-9-17-10-12-2-6-14(15)7-3-12/h2-3,6-7,11,13,16H,4-5,8-10H2,1H3. The van der Waals surface area contributed by atoms with Crippen LogP contribution in [-0.4, -0.2) is 19.2 Å². The topological polar surface area (TPSA) is 21.3 Å². The summed E-state index contributed by atoms with van der Waals surface area (Å²) in [5, 5.41) is 3.51. The molecule has 1 unspecified atom stereocenters. The van der Waals surface area contributed by atoms with E-state index in [1.54, 1.807) is 0 Å². The molecule has 3 heteroatoms. The lowest BCUT2D eigenvalue weighted by Crippen LogP contribution is -2.30. The smallest absolute Gasteiger partial charge is 0.0717 e. The number of hydrogen-bond acceptors (Lipinski definition) is 2. The first kappa shape index (κ1) is 13.1. The molecule has 0 radical (unpaired) electrons. The molecule has 1 aliphatic rings. The van der Waals surface area contributed by atoms with E-state index in [0.717, 1.165) is 23.5 Å². The normalized spacial score (nSPS) is 17.1. The first-order valence-electron chi connectivity index (χ1n) is 6.31. The third-order valence-corrected chi connectivity index (χ3v) is 3.75. The van der Waals surface area contributed by atoms with Crippen LogP contribution in [0.25, 0.3) is 0 Å². The average Bonchev–Trinajstić information content (AvgIpc) is 3.15. The van der Waals surface area contributed by atoms with Crippen molar-refractivity contribution in [3.63, 3.8) is 0 Å². The van der Waals surface area contributed by atoms with Crippen molar-refractivity contribution in [3.8, 4) is 0 Å². The Morgan fingerprint density at radius 3 is 2.71 bits per heavy atom. The molecule has 0 spiro atoms. The number of rotatable bonds is 7. The van der Waals surface area contributed by atoms with E-state index >= 15 is 0 Å². The van der Waals surface area contributed by atoms with Crippen molar-refractivity contribution < 1.29 is 4.74 Å². The molecular formula is C14H20BrNO. The number of nitrogens with one attached hydrogen (secondary N) is 1. The third kappa shape index (κ3) is 4.78. The number of ether oxygens (including phenoxy) is 1. The van der Waals surface area contributed by atoms with Gasteiger partial charge in [-0.2, -0.15) is 0 Å². The summed E-state index contributed by atoms with van der Waals surface area (Å²) in [6.07, 6.45) is 2.79. The summed E-state index contributed by atoms with van der Waals surface area (Å²) in [7, 11) is 0. The molecule has 1 aliphatic carbocycles. The van der Waals surface area contributed by atoms with Crippen LogP contribution in [-0.2, 0) is 11.3 Å². The van der Waals surface area contributed by atoms with Crippen molar-refractivity contribution >= 4 is 15.9 Å². The summed E-state index contributed by atoms with van der Waals surface area (Å²) in [6, 6.07) is 8.93. The summed E-state index contributed by atoms with van der Waals surface area (Å²) in [6.45, 7) is 4.71.